The zero-order valence-electron chi connectivity index (χ0n) is 11.9. The topological polar surface area (TPSA) is 38.5 Å². The fourth-order valence-corrected chi connectivity index (χ4v) is 2.24. The van der Waals surface area contributed by atoms with Gasteiger partial charge in [-0.05, 0) is 31.5 Å². The third-order valence-corrected chi connectivity index (χ3v) is 3.25. The van der Waals surface area contributed by atoms with Gasteiger partial charge in [-0.1, -0.05) is 17.7 Å². The highest BCUT2D eigenvalue weighted by molar-refractivity contribution is 5.70. The summed E-state index contributed by atoms with van der Waals surface area (Å²) in [6.07, 6.45) is 0. The lowest BCUT2D eigenvalue weighted by molar-refractivity contribution is 0.415. The first-order valence-electron chi connectivity index (χ1n) is 6.27. The van der Waals surface area contributed by atoms with Crippen molar-refractivity contribution >= 4 is 17.1 Å². The highest BCUT2D eigenvalue weighted by Gasteiger charge is 2.09. The summed E-state index contributed by atoms with van der Waals surface area (Å²) in [5.74, 6) is 0.770. The van der Waals surface area contributed by atoms with Gasteiger partial charge >= 0.3 is 0 Å². The maximum atomic E-state index is 5.91. The molecule has 0 fully saturated rings. The van der Waals surface area contributed by atoms with E-state index in [2.05, 4.69) is 36.9 Å². The lowest BCUT2D eigenvalue weighted by Crippen LogP contribution is -2.11. The van der Waals surface area contributed by atoms with Crippen LogP contribution in [0.1, 0.15) is 11.1 Å². The number of anilines is 3. The standard InChI is InChI=1S/C16H20N2O/c1-11-5-6-16(12(2)7-11)18(3)14-8-13(17)9-15(10-14)19-4/h5-10H,17H2,1-4H3. The van der Waals surface area contributed by atoms with Gasteiger partial charge < -0.3 is 15.4 Å². The molecular weight excluding hydrogens is 236 g/mol. The highest BCUT2D eigenvalue weighted by Crippen LogP contribution is 2.31. The predicted molar refractivity (Wildman–Crippen MR) is 81.4 cm³/mol. The number of nitrogens with two attached hydrogens (primary N) is 1. The molecule has 0 unspecified atom stereocenters. The molecule has 19 heavy (non-hydrogen) atoms. The molecule has 0 atom stereocenters. The molecular formula is C16H20N2O. The molecule has 3 heteroatoms. The first kappa shape index (κ1) is 13.3. The van der Waals surface area contributed by atoms with Crippen molar-refractivity contribution in [3.05, 3.63) is 47.5 Å². The molecule has 0 amide bonds. The van der Waals surface area contributed by atoms with Gasteiger partial charge in [0.1, 0.15) is 5.75 Å². The monoisotopic (exact) mass is 256 g/mol. The largest absolute Gasteiger partial charge is 0.497 e. The van der Waals surface area contributed by atoms with E-state index in [0.717, 1.165) is 11.4 Å². The van der Waals surface area contributed by atoms with Crippen molar-refractivity contribution in [2.45, 2.75) is 13.8 Å². The number of nitrogen functional groups attached to an aromatic ring is 1. The van der Waals surface area contributed by atoms with Gasteiger partial charge in [-0.3, -0.25) is 0 Å². The van der Waals surface area contributed by atoms with Gasteiger partial charge in [0, 0.05) is 36.2 Å². The second-order valence-corrected chi connectivity index (χ2v) is 4.81. The number of ether oxygens (including phenoxy) is 1. The summed E-state index contributed by atoms with van der Waals surface area (Å²) in [4.78, 5) is 2.12. The maximum absolute atomic E-state index is 5.91. The van der Waals surface area contributed by atoms with Crippen molar-refractivity contribution in [3.63, 3.8) is 0 Å². The van der Waals surface area contributed by atoms with E-state index in [0.29, 0.717) is 5.69 Å². The van der Waals surface area contributed by atoms with Crippen LogP contribution in [0.2, 0.25) is 0 Å². The Morgan fingerprint density at radius 1 is 1.05 bits per heavy atom. The summed E-state index contributed by atoms with van der Waals surface area (Å²) in [5, 5.41) is 0. The van der Waals surface area contributed by atoms with Crippen LogP contribution in [0, 0.1) is 13.8 Å². The van der Waals surface area contributed by atoms with E-state index in [1.807, 2.05) is 25.2 Å². The zero-order valence-corrected chi connectivity index (χ0v) is 11.9. The molecule has 3 nitrogen and oxygen atoms in total. The van der Waals surface area contributed by atoms with E-state index >= 15 is 0 Å². The van der Waals surface area contributed by atoms with Gasteiger partial charge in [-0.25, -0.2) is 0 Å². The van der Waals surface area contributed by atoms with E-state index in [9.17, 15) is 0 Å². The SMILES string of the molecule is COc1cc(N)cc(N(C)c2ccc(C)cc2C)c1. The molecule has 0 spiro atoms. The minimum absolute atomic E-state index is 0.700. The number of nitrogens with zero attached hydrogens (tertiary/aromatic N) is 1. The molecule has 0 heterocycles. The Hall–Kier alpha value is -2.16. The summed E-state index contributed by atoms with van der Waals surface area (Å²) in [6, 6.07) is 12.2. The molecule has 0 aromatic heterocycles. The average Bonchev–Trinajstić information content (AvgIpc) is 2.37. The Morgan fingerprint density at radius 2 is 1.79 bits per heavy atom. The summed E-state index contributed by atoms with van der Waals surface area (Å²) in [5.41, 5.74) is 11.3. The Morgan fingerprint density at radius 3 is 2.42 bits per heavy atom. The minimum atomic E-state index is 0.700. The van der Waals surface area contributed by atoms with Crippen LogP contribution in [0.15, 0.2) is 36.4 Å². The Bertz CT molecular complexity index is 593. The van der Waals surface area contributed by atoms with Crippen molar-refractivity contribution in [1.29, 1.82) is 0 Å². The maximum Gasteiger partial charge on any atom is 0.122 e. The van der Waals surface area contributed by atoms with Crippen molar-refractivity contribution in [1.82, 2.24) is 0 Å². The second kappa shape index (κ2) is 5.22. The van der Waals surface area contributed by atoms with Crippen LogP contribution in [0.3, 0.4) is 0 Å². The Labute approximate surface area is 114 Å². The van der Waals surface area contributed by atoms with Crippen LogP contribution in [0.4, 0.5) is 17.1 Å². The molecule has 0 bridgehead atoms. The van der Waals surface area contributed by atoms with Crippen LogP contribution in [-0.2, 0) is 0 Å². The molecule has 0 saturated carbocycles. The first-order chi connectivity index (χ1) is 9.01. The smallest absolute Gasteiger partial charge is 0.122 e. The third kappa shape index (κ3) is 2.81. The van der Waals surface area contributed by atoms with Crippen LogP contribution in [-0.4, -0.2) is 14.2 Å². The lowest BCUT2D eigenvalue weighted by Gasteiger charge is -2.23. The second-order valence-electron chi connectivity index (χ2n) is 4.81. The van der Waals surface area contributed by atoms with E-state index in [1.54, 1.807) is 7.11 Å². The number of benzene rings is 2. The summed E-state index contributed by atoms with van der Waals surface area (Å²) in [6.45, 7) is 4.21. The number of hydrogen-bond donors (Lipinski definition) is 1. The first-order valence-corrected chi connectivity index (χ1v) is 6.27. The molecule has 2 aromatic rings. The predicted octanol–water partition coefficient (Wildman–Crippen LogP) is 3.66. The third-order valence-electron chi connectivity index (χ3n) is 3.25. The fourth-order valence-electron chi connectivity index (χ4n) is 2.24. The molecule has 100 valence electrons. The Balaban J connectivity index is 2.43. The van der Waals surface area contributed by atoms with Gasteiger partial charge in [0.2, 0.25) is 0 Å². The van der Waals surface area contributed by atoms with Gasteiger partial charge in [0.05, 0.1) is 7.11 Å². The molecule has 2 rings (SSSR count). The highest BCUT2D eigenvalue weighted by atomic mass is 16.5. The van der Waals surface area contributed by atoms with Crippen molar-refractivity contribution in [2.24, 2.45) is 0 Å². The quantitative estimate of drug-likeness (QED) is 0.852. The van der Waals surface area contributed by atoms with Crippen LogP contribution >= 0.6 is 0 Å². The molecule has 0 saturated heterocycles. The average molecular weight is 256 g/mol. The number of hydrogen-bond acceptors (Lipinski definition) is 3. The number of aryl methyl sites for hydroxylation is 2. The lowest BCUT2D eigenvalue weighted by atomic mass is 10.1. The summed E-state index contributed by atoms with van der Waals surface area (Å²) >= 11 is 0. The summed E-state index contributed by atoms with van der Waals surface area (Å²) < 4.78 is 5.26. The molecule has 0 aliphatic carbocycles. The van der Waals surface area contributed by atoms with Crippen LogP contribution in [0.5, 0.6) is 5.75 Å². The van der Waals surface area contributed by atoms with Crippen molar-refractivity contribution in [3.8, 4) is 5.75 Å². The van der Waals surface area contributed by atoms with Gasteiger partial charge in [-0.15, -0.1) is 0 Å². The molecule has 2 N–H and O–H groups in total. The van der Waals surface area contributed by atoms with Gasteiger partial charge in [-0.2, -0.15) is 0 Å². The molecule has 2 aromatic carbocycles. The normalized spacial score (nSPS) is 10.3. The van der Waals surface area contributed by atoms with Crippen LogP contribution in [0.25, 0.3) is 0 Å². The number of methoxy groups -OCH3 is 1. The number of rotatable bonds is 3. The van der Waals surface area contributed by atoms with Gasteiger partial charge in [0.25, 0.3) is 0 Å². The van der Waals surface area contributed by atoms with Gasteiger partial charge in [0.15, 0.2) is 0 Å². The van der Waals surface area contributed by atoms with Crippen molar-refractivity contribution in [2.75, 3.05) is 24.8 Å². The van der Waals surface area contributed by atoms with E-state index < -0.39 is 0 Å². The summed E-state index contributed by atoms with van der Waals surface area (Å²) in [7, 11) is 3.68. The zero-order chi connectivity index (χ0) is 14.0. The van der Waals surface area contributed by atoms with E-state index in [4.69, 9.17) is 10.5 Å². The van der Waals surface area contributed by atoms with Crippen molar-refractivity contribution < 1.29 is 4.74 Å². The minimum Gasteiger partial charge on any atom is -0.497 e. The molecule has 0 aliphatic rings. The van der Waals surface area contributed by atoms with Crippen LogP contribution < -0.4 is 15.4 Å². The Kier molecular flexibility index (Phi) is 3.65. The molecule has 0 radical (unpaired) electrons. The fraction of sp³-hybridized carbons (Fsp3) is 0.250. The van der Waals surface area contributed by atoms with E-state index in [1.165, 1.54) is 16.8 Å². The molecule has 0 aliphatic heterocycles. The van der Waals surface area contributed by atoms with E-state index in [-0.39, 0.29) is 0 Å².